The number of quaternary nitrogens is 1. The lowest BCUT2D eigenvalue weighted by Crippen LogP contribution is -2.93. The molecule has 28 heavy (non-hydrogen) atoms. The zero-order chi connectivity index (χ0) is 19.9. The van der Waals surface area contributed by atoms with Gasteiger partial charge in [-0.3, -0.25) is 9.59 Å². The number of rotatable bonds is 7. The first kappa shape index (κ1) is 20.4. The third kappa shape index (κ3) is 5.36. The van der Waals surface area contributed by atoms with Crippen molar-refractivity contribution in [2.24, 2.45) is 0 Å². The van der Waals surface area contributed by atoms with E-state index in [4.69, 9.17) is 0 Å². The molecule has 0 spiro atoms. The summed E-state index contributed by atoms with van der Waals surface area (Å²) in [6, 6.07) is 15.2. The van der Waals surface area contributed by atoms with E-state index in [0.717, 1.165) is 23.5 Å². The highest BCUT2D eigenvalue weighted by Crippen LogP contribution is 2.14. The molecule has 2 atom stereocenters. The number of hydrogen-bond donors (Lipinski definition) is 3. The molecule has 0 aromatic heterocycles. The van der Waals surface area contributed by atoms with Crippen molar-refractivity contribution >= 4 is 29.3 Å². The van der Waals surface area contributed by atoms with Gasteiger partial charge < -0.3 is 16.0 Å². The molecule has 4 N–H and O–H groups in total. The van der Waals surface area contributed by atoms with Crippen LogP contribution in [-0.4, -0.2) is 35.9 Å². The van der Waals surface area contributed by atoms with Crippen LogP contribution in [0.25, 0.3) is 0 Å². The van der Waals surface area contributed by atoms with Crippen LogP contribution in [0.2, 0.25) is 0 Å². The quantitative estimate of drug-likeness (QED) is 0.666. The van der Waals surface area contributed by atoms with Crippen LogP contribution in [0.5, 0.6) is 0 Å². The van der Waals surface area contributed by atoms with E-state index in [1.54, 1.807) is 11.8 Å². The first-order chi connectivity index (χ1) is 13.6. The van der Waals surface area contributed by atoms with Crippen molar-refractivity contribution in [3.8, 4) is 0 Å². The van der Waals surface area contributed by atoms with Crippen LogP contribution in [-0.2, 0) is 22.6 Å². The van der Waals surface area contributed by atoms with Gasteiger partial charge in [-0.25, -0.2) is 0 Å². The maximum atomic E-state index is 12.9. The van der Waals surface area contributed by atoms with Crippen molar-refractivity contribution in [2.75, 3.05) is 17.3 Å². The van der Waals surface area contributed by atoms with Crippen LogP contribution in [0.4, 0.5) is 5.69 Å². The summed E-state index contributed by atoms with van der Waals surface area (Å²) in [5, 5.41) is 7.97. The minimum atomic E-state index is -0.535. The molecule has 1 aliphatic rings. The molecule has 1 aliphatic heterocycles. The topological polar surface area (TPSA) is 74.8 Å². The van der Waals surface area contributed by atoms with Gasteiger partial charge in [-0.15, -0.1) is 0 Å². The van der Waals surface area contributed by atoms with Crippen molar-refractivity contribution in [1.29, 1.82) is 0 Å². The van der Waals surface area contributed by atoms with E-state index in [1.807, 2.05) is 49.6 Å². The van der Waals surface area contributed by atoms with Gasteiger partial charge in [0.1, 0.15) is 12.6 Å². The second-order valence-corrected chi connectivity index (χ2v) is 8.20. The van der Waals surface area contributed by atoms with Crippen LogP contribution < -0.4 is 16.0 Å². The van der Waals surface area contributed by atoms with Gasteiger partial charge in [0.25, 0.3) is 5.91 Å². The molecule has 3 rings (SSSR count). The fourth-order valence-electron chi connectivity index (χ4n) is 3.39. The number of thioether (sulfide) groups is 1. The van der Waals surface area contributed by atoms with Crippen LogP contribution >= 0.6 is 11.8 Å². The number of hydrogen-bond acceptors (Lipinski definition) is 3. The Morgan fingerprint density at radius 3 is 2.57 bits per heavy atom. The van der Waals surface area contributed by atoms with Crippen molar-refractivity contribution in [2.45, 2.75) is 38.4 Å². The first-order valence-corrected chi connectivity index (χ1v) is 11.0. The molecular formula is C22H28N3O2S+. The largest absolute Gasteiger partial charge is 0.339 e. The lowest BCUT2D eigenvalue weighted by Gasteiger charge is -2.25. The van der Waals surface area contributed by atoms with Gasteiger partial charge in [-0.2, -0.15) is 11.8 Å². The average molecular weight is 399 g/mol. The monoisotopic (exact) mass is 398 g/mol. The van der Waals surface area contributed by atoms with Gasteiger partial charge in [0.05, 0.1) is 0 Å². The zero-order valence-corrected chi connectivity index (χ0v) is 17.2. The van der Waals surface area contributed by atoms with Gasteiger partial charge in [-0.1, -0.05) is 42.0 Å². The smallest absolute Gasteiger partial charge is 0.279 e. The van der Waals surface area contributed by atoms with Gasteiger partial charge in [0, 0.05) is 17.7 Å². The highest BCUT2D eigenvalue weighted by atomic mass is 32.2. The average Bonchev–Trinajstić information content (AvgIpc) is 2.72. The van der Waals surface area contributed by atoms with E-state index in [0.29, 0.717) is 12.8 Å². The van der Waals surface area contributed by atoms with Crippen molar-refractivity contribution < 1.29 is 14.9 Å². The summed E-state index contributed by atoms with van der Waals surface area (Å²) in [5.74, 6) is 0.575. The normalized spacial score (nSPS) is 16.7. The number of carbonyl (C=O) groups excluding carboxylic acids is 2. The summed E-state index contributed by atoms with van der Waals surface area (Å²) < 4.78 is 0. The number of nitrogens with one attached hydrogen (secondary N) is 2. The zero-order valence-electron chi connectivity index (χ0n) is 16.4. The highest BCUT2D eigenvalue weighted by Gasteiger charge is 2.30. The fourth-order valence-corrected chi connectivity index (χ4v) is 3.87. The van der Waals surface area contributed by atoms with E-state index in [2.05, 4.69) is 28.1 Å². The van der Waals surface area contributed by atoms with E-state index in [9.17, 15) is 9.59 Å². The molecular weight excluding hydrogens is 370 g/mol. The Balaban J connectivity index is 1.63. The second kappa shape index (κ2) is 9.75. The van der Waals surface area contributed by atoms with E-state index in [1.165, 1.54) is 11.1 Å². The highest BCUT2D eigenvalue weighted by molar-refractivity contribution is 7.98. The third-order valence-electron chi connectivity index (χ3n) is 5.08. The molecule has 148 valence electrons. The summed E-state index contributed by atoms with van der Waals surface area (Å²) in [6.07, 6.45) is 3.30. The Kier molecular flexibility index (Phi) is 7.12. The van der Waals surface area contributed by atoms with Gasteiger partial charge in [0.2, 0.25) is 5.91 Å². The molecule has 2 amide bonds. The summed E-state index contributed by atoms with van der Waals surface area (Å²) in [4.78, 5) is 25.6. The SMILES string of the molecule is CSCC[C@H](NC(=O)[C@@H]1Cc2ccccc2C[NH2+]1)C(=O)Nc1ccc(C)cc1. The third-order valence-corrected chi connectivity index (χ3v) is 5.72. The van der Waals surface area contributed by atoms with Crippen molar-refractivity contribution in [3.05, 3.63) is 65.2 Å². The van der Waals surface area contributed by atoms with Crippen LogP contribution in [0.1, 0.15) is 23.1 Å². The Bertz CT molecular complexity index is 823. The maximum Gasteiger partial charge on any atom is 0.279 e. The molecule has 0 bridgehead atoms. The molecule has 0 unspecified atom stereocenters. The van der Waals surface area contributed by atoms with Crippen molar-refractivity contribution in [1.82, 2.24) is 5.32 Å². The first-order valence-electron chi connectivity index (χ1n) is 9.64. The van der Waals surface area contributed by atoms with E-state index in [-0.39, 0.29) is 17.9 Å². The van der Waals surface area contributed by atoms with E-state index >= 15 is 0 Å². The lowest BCUT2D eigenvalue weighted by atomic mass is 9.95. The molecule has 1 heterocycles. The molecule has 2 aromatic carbocycles. The number of amides is 2. The summed E-state index contributed by atoms with van der Waals surface area (Å²) in [5.41, 5.74) is 4.38. The Morgan fingerprint density at radius 2 is 1.86 bits per heavy atom. The Labute approximate surface area is 170 Å². The summed E-state index contributed by atoms with van der Waals surface area (Å²) >= 11 is 1.67. The predicted molar refractivity (Wildman–Crippen MR) is 114 cm³/mol. The molecule has 0 saturated heterocycles. The van der Waals surface area contributed by atoms with Crippen LogP contribution in [0.15, 0.2) is 48.5 Å². The van der Waals surface area contributed by atoms with E-state index < -0.39 is 6.04 Å². The molecule has 0 radical (unpaired) electrons. The standard InChI is InChI=1S/C22H27N3O2S/c1-15-7-9-18(10-8-15)24-21(26)19(11-12-28-2)25-22(27)20-13-16-5-3-4-6-17(16)14-23-20/h3-10,19-20,23H,11-14H2,1-2H3,(H,24,26)(H,25,27)/p+1/t19-,20-/m0/s1. The predicted octanol–water partition coefficient (Wildman–Crippen LogP) is 1.86. The number of benzene rings is 2. The Hall–Kier alpha value is -2.31. The van der Waals surface area contributed by atoms with Crippen LogP contribution in [0.3, 0.4) is 0 Å². The molecule has 0 fully saturated rings. The number of aryl methyl sites for hydroxylation is 1. The molecule has 0 aliphatic carbocycles. The number of anilines is 1. The molecule has 0 saturated carbocycles. The Morgan fingerprint density at radius 1 is 1.14 bits per heavy atom. The van der Waals surface area contributed by atoms with Crippen LogP contribution in [0, 0.1) is 6.92 Å². The minimum Gasteiger partial charge on any atom is -0.339 e. The van der Waals surface area contributed by atoms with Crippen molar-refractivity contribution in [3.63, 3.8) is 0 Å². The van der Waals surface area contributed by atoms with Gasteiger partial charge >= 0.3 is 0 Å². The summed E-state index contributed by atoms with van der Waals surface area (Å²) in [7, 11) is 0. The van der Waals surface area contributed by atoms with Gasteiger partial charge in [0.15, 0.2) is 6.04 Å². The fraction of sp³-hybridized carbons (Fsp3) is 0.364. The number of carbonyl (C=O) groups is 2. The number of nitrogens with two attached hydrogens (primary N) is 1. The molecule has 5 nitrogen and oxygen atoms in total. The number of fused-ring (bicyclic) bond motifs is 1. The second-order valence-electron chi connectivity index (χ2n) is 7.22. The molecule has 2 aromatic rings. The minimum absolute atomic E-state index is 0.0698. The summed E-state index contributed by atoms with van der Waals surface area (Å²) in [6.45, 7) is 2.80. The maximum absolute atomic E-state index is 12.9. The molecule has 6 heteroatoms. The van der Waals surface area contributed by atoms with Gasteiger partial charge in [-0.05, 0) is 43.0 Å². The lowest BCUT2D eigenvalue weighted by molar-refractivity contribution is -0.695.